The SMILES string of the molecule is Cc1nn(C)c(Cl)c1CNc1ccc2c(c1)OCCCO2. The molecule has 0 saturated heterocycles. The second kappa shape index (κ2) is 5.85. The molecule has 112 valence electrons. The Balaban J connectivity index is 1.75. The van der Waals surface area contributed by atoms with Crippen molar-refractivity contribution in [3.05, 3.63) is 34.6 Å². The average Bonchev–Trinajstić information content (AvgIpc) is 2.66. The molecular weight excluding hydrogens is 290 g/mol. The molecule has 1 N–H and O–H groups in total. The van der Waals surface area contributed by atoms with Crippen molar-refractivity contribution >= 4 is 17.3 Å². The second-order valence-corrected chi connectivity index (χ2v) is 5.40. The predicted octanol–water partition coefficient (Wildman–Crippen LogP) is 3.16. The number of aryl methyl sites for hydroxylation is 2. The molecule has 0 bridgehead atoms. The van der Waals surface area contributed by atoms with Crippen LogP contribution >= 0.6 is 11.6 Å². The minimum Gasteiger partial charge on any atom is -0.490 e. The van der Waals surface area contributed by atoms with Crippen LogP contribution in [-0.2, 0) is 13.6 Å². The maximum absolute atomic E-state index is 6.23. The summed E-state index contributed by atoms with van der Waals surface area (Å²) in [6.45, 7) is 3.96. The summed E-state index contributed by atoms with van der Waals surface area (Å²) in [5.74, 6) is 1.58. The van der Waals surface area contributed by atoms with Gasteiger partial charge in [0.05, 0.1) is 18.9 Å². The number of benzene rings is 1. The van der Waals surface area contributed by atoms with Gasteiger partial charge in [-0.2, -0.15) is 5.10 Å². The standard InChI is InChI=1S/C15H18ClN3O2/c1-10-12(15(16)19(2)18-10)9-17-11-4-5-13-14(8-11)21-7-3-6-20-13/h4-5,8,17H,3,6-7,9H2,1-2H3. The Morgan fingerprint density at radius 1 is 1.29 bits per heavy atom. The fourth-order valence-electron chi connectivity index (χ4n) is 2.34. The number of halogens is 1. The molecule has 0 radical (unpaired) electrons. The number of hydrogen-bond donors (Lipinski definition) is 1. The van der Waals surface area contributed by atoms with E-state index in [9.17, 15) is 0 Å². The molecule has 0 unspecified atom stereocenters. The number of fused-ring (bicyclic) bond motifs is 1. The lowest BCUT2D eigenvalue weighted by molar-refractivity contribution is 0.297. The summed E-state index contributed by atoms with van der Waals surface area (Å²) in [6.07, 6.45) is 0.905. The highest BCUT2D eigenvalue weighted by atomic mass is 35.5. The average molecular weight is 308 g/mol. The monoisotopic (exact) mass is 307 g/mol. The van der Waals surface area contributed by atoms with Crippen molar-refractivity contribution in [1.82, 2.24) is 9.78 Å². The van der Waals surface area contributed by atoms with Crippen LogP contribution in [0.5, 0.6) is 11.5 Å². The van der Waals surface area contributed by atoms with E-state index in [0.29, 0.717) is 24.9 Å². The summed E-state index contributed by atoms with van der Waals surface area (Å²) in [6, 6.07) is 5.87. The van der Waals surface area contributed by atoms with E-state index in [-0.39, 0.29) is 0 Å². The van der Waals surface area contributed by atoms with Gasteiger partial charge >= 0.3 is 0 Å². The molecule has 1 aromatic heterocycles. The highest BCUT2D eigenvalue weighted by Crippen LogP contribution is 2.32. The molecule has 0 fully saturated rings. The summed E-state index contributed by atoms with van der Waals surface area (Å²) in [7, 11) is 1.84. The van der Waals surface area contributed by atoms with E-state index in [1.165, 1.54) is 0 Å². The van der Waals surface area contributed by atoms with Gasteiger partial charge in [0.25, 0.3) is 0 Å². The molecule has 0 atom stereocenters. The Bertz CT molecular complexity index is 655. The van der Waals surface area contributed by atoms with Crippen LogP contribution in [0.3, 0.4) is 0 Å². The van der Waals surface area contributed by atoms with Crippen molar-refractivity contribution in [2.75, 3.05) is 18.5 Å². The molecule has 0 saturated carbocycles. The number of nitrogens with one attached hydrogen (secondary N) is 1. The van der Waals surface area contributed by atoms with Crippen molar-refractivity contribution in [3.8, 4) is 11.5 Å². The minimum absolute atomic E-state index is 0.623. The van der Waals surface area contributed by atoms with Gasteiger partial charge in [0.1, 0.15) is 5.15 Å². The molecule has 0 aliphatic carbocycles. The molecule has 5 nitrogen and oxygen atoms in total. The first-order valence-corrected chi connectivity index (χ1v) is 7.34. The Labute approximate surface area is 128 Å². The molecule has 21 heavy (non-hydrogen) atoms. The molecule has 2 heterocycles. The maximum atomic E-state index is 6.23. The van der Waals surface area contributed by atoms with Gasteiger partial charge in [-0.25, -0.2) is 0 Å². The maximum Gasteiger partial charge on any atom is 0.163 e. The van der Waals surface area contributed by atoms with Crippen LogP contribution in [0.1, 0.15) is 17.7 Å². The van der Waals surface area contributed by atoms with Gasteiger partial charge in [-0.1, -0.05) is 11.6 Å². The van der Waals surface area contributed by atoms with E-state index in [0.717, 1.165) is 34.9 Å². The first-order valence-electron chi connectivity index (χ1n) is 6.96. The number of aromatic nitrogens is 2. The smallest absolute Gasteiger partial charge is 0.163 e. The zero-order chi connectivity index (χ0) is 14.8. The summed E-state index contributed by atoms with van der Waals surface area (Å²) >= 11 is 6.23. The first-order chi connectivity index (χ1) is 10.1. The van der Waals surface area contributed by atoms with Crippen LogP contribution in [0.4, 0.5) is 5.69 Å². The third-order valence-corrected chi connectivity index (χ3v) is 3.96. The topological polar surface area (TPSA) is 48.3 Å². The lowest BCUT2D eigenvalue weighted by Gasteiger charge is -2.11. The van der Waals surface area contributed by atoms with E-state index >= 15 is 0 Å². The van der Waals surface area contributed by atoms with Crippen molar-refractivity contribution in [1.29, 1.82) is 0 Å². The Morgan fingerprint density at radius 3 is 2.76 bits per heavy atom. The fraction of sp³-hybridized carbons (Fsp3) is 0.400. The fourth-order valence-corrected chi connectivity index (χ4v) is 2.58. The highest BCUT2D eigenvalue weighted by molar-refractivity contribution is 6.30. The summed E-state index contributed by atoms with van der Waals surface area (Å²) in [4.78, 5) is 0. The molecule has 0 spiro atoms. The van der Waals surface area contributed by atoms with Crippen molar-refractivity contribution < 1.29 is 9.47 Å². The molecular formula is C15H18ClN3O2. The van der Waals surface area contributed by atoms with Gasteiger partial charge in [0.2, 0.25) is 0 Å². The molecule has 1 aliphatic rings. The molecule has 1 aliphatic heterocycles. The molecule has 6 heteroatoms. The number of hydrogen-bond acceptors (Lipinski definition) is 4. The van der Waals surface area contributed by atoms with Crippen LogP contribution in [0.25, 0.3) is 0 Å². The van der Waals surface area contributed by atoms with Crippen molar-refractivity contribution in [2.24, 2.45) is 7.05 Å². The number of ether oxygens (including phenoxy) is 2. The van der Waals surface area contributed by atoms with Gasteiger partial charge in [-0.05, 0) is 19.1 Å². The van der Waals surface area contributed by atoms with Crippen molar-refractivity contribution in [2.45, 2.75) is 19.9 Å². The normalized spacial score (nSPS) is 13.9. The molecule has 1 aromatic carbocycles. The summed E-state index contributed by atoms with van der Waals surface area (Å²) < 4.78 is 13.0. The zero-order valence-corrected chi connectivity index (χ0v) is 12.9. The summed E-state index contributed by atoms with van der Waals surface area (Å²) in [5, 5.41) is 8.32. The molecule has 3 rings (SSSR count). The second-order valence-electron chi connectivity index (χ2n) is 5.04. The number of anilines is 1. The molecule has 2 aromatic rings. The Morgan fingerprint density at radius 2 is 2.05 bits per heavy atom. The lowest BCUT2D eigenvalue weighted by atomic mass is 10.2. The van der Waals surface area contributed by atoms with E-state index in [1.54, 1.807) is 4.68 Å². The van der Waals surface area contributed by atoms with Crippen LogP contribution < -0.4 is 14.8 Å². The summed E-state index contributed by atoms with van der Waals surface area (Å²) in [5.41, 5.74) is 2.91. The van der Waals surface area contributed by atoms with Gasteiger partial charge < -0.3 is 14.8 Å². The first kappa shape index (κ1) is 14.1. The predicted molar refractivity (Wildman–Crippen MR) is 82.3 cm³/mol. The number of rotatable bonds is 3. The van der Waals surface area contributed by atoms with E-state index in [4.69, 9.17) is 21.1 Å². The lowest BCUT2D eigenvalue weighted by Crippen LogP contribution is -2.01. The van der Waals surface area contributed by atoms with Crippen molar-refractivity contribution in [3.63, 3.8) is 0 Å². The quantitative estimate of drug-likeness (QED) is 0.946. The van der Waals surface area contributed by atoms with Crippen LogP contribution in [0, 0.1) is 6.92 Å². The van der Waals surface area contributed by atoms with E-state index < -0.39 is 0 Å². The van der Waals surface area contributed by atoms with Crippen LogP contribution in [0.15, 0.2) is 18.2 Å². The van der Waals surface area contributed by atoms with Gasteiger partial charge in [-0.3, -0.25) is 4.68 Å². The van der Waals surface area contributed by atoms with Crippen LogP contribution in [0.2, 0.25) is 5.15 Å². The minimum atomic E-state index is 0.623. The van der Waals surface area contributed by atoms with Gasteiger partial charge in [0, 0.05) is 37.3 Å². The third-order valence-electron chi connectivity index (χ3n) is 3.49. The van der Waals surface area contributed by atoms with E-state index in [2.05, 4.69) is 10.4 Å². The highest BCUT2D eigenvalue weighted by Gasteiger charge is 2.13. The Kier molecular flexibility index (Phi) is 3.92. The van der Waals surface area contributed by atoms with Gasteiger partial charge in [-0.15, -0.1) is 0 Å². The number of nitrogens with zero attached hydrogens (tertiary/aromatic N) is 2. The largest absolute Gasteiger partial charge is 0.490 e. The third kappa shape index (κ3) is 2.93. The van der Waals surface area contributed by atoms with E-state index in [1.807, 2.05) is 32.2 Å². The van der Waals surface area contributed by atoms with Gasteiger partial charge in [0.15, 0.2) is 11.5 Å². The van der Waals surface area contributed by atoms with Crippen LogP contribution in [-0.4, -0.2) is 23.0 Å². The zero-order valence-electron chi connectivity index (χ0n) is 12.1. The molecule has 0 amide bonds. The Hall–Kier alpha value is -1.88.